The van der Waals surface area contributed by atoms with E-state index >= 15 is 0 Å². The van der Waals surface area contributed by atoms with E-state index in [1.54, 1.807) is 31.4 Å². The number of hydrogen-bond acceptors (Lipinski definition) is 4. The molecule has 0 aliphatic rings. The normalized spacial score (nSPS) is 10.6. The molecule has 3 aromatic rings. The van der Waals surface area contributed by atoms with Gasteiger partial charge in [0.05, 0.1) is 24.9 Å². The highest BCUT2D eigenvalue weighted by Gasteiger charge is 2.15. The Morgan fingerprint density at radius 1 is 0.938 bits per heavy atom. The predicted octanol–water partition coefficient (Wildman–Crippen LogP) is 4.55. The molecular weight excluding hydrogens is 409 g/mol. The second kappa shape index (κ2) is 11.1. The summed E-state index contributed by atoms with van der Waals surface area (Å²) in [7, 11) is 1.62. The van der Waals surface area contributed by atoms with Crippen LogP contribution in [-0.2, 0) is 11.3 Å². The van der Waals surface area contributed by atoms with Crippen molar-refractivity contribution in [3.05, 3.63) is 89.7 Å². The van der Waals surface area contributed by atoms with E-state index in [9.17, 15) is 14.0 Å². The van der Waals surface area contributed by atoms with Crippen LogP contribution in [0.2, 0.25) is 0 Å². The van der Waals surface area contributed by atoms with Crippen molar-refractivity contribution in [2.45, 2.75) is 13.5 Å². The number of carbonyl (C=O) groups excluding carboxylic acids is 2. The minimum absolute atomic E-state index is 0.177. The van der Waals surface area contributed by atoms with Gasteiger partial charge in [0, 0.05) is 12.2 Å². The molecular formula is C25H26FN3O3. The monoisotopic (exact) mass is 435 g/mol. The maximum absolute atomic E-state index is 13.1. The third-order valence-corrected chi connectivity index (χ3v) is 4.93. The Morgan fingerprint density at radius 2 is 1.62 bits per heavy atom. The van der Waals surface area contributed by atoms with Gasteiger partial charge in [0.15, 0.2) is 0 Å². The van der Waals surface area contributed by atoms with Gasteiger partial charge in [0.2, 0.25) is 5.91 Å². The first kappa shape index (κ1) is 23.0. The highest BCUT2D eigenvalue weighted by Crippen LogP contribution is 2.18. The molecule has 2 amide bonds. The third kappa shape index (κ3) is 6.39. The fourth-order valence-corrected chi connectivity index (χ4v) is 3.18. The zero-order chi connectivity index (χ0) is 22.9. The third-order valence-electron chi connectivity index (χ3n) is 4.93. The topological polar surface area (TPSA) is 70.7 Å². The number of para-hydroxylation sites is 1. The molecule has 0 unspecified atom stereocenters. The Hall–Kier alpha value is -3.71. The van der Waals surface area contributed by atoms with Gasteiger partial charge in [-0.3, -0.25) is 14.5 Å². The molecule has 0 aliphatic carbocycles. The number of hydrogen-bond donors (Lipinski definition) is 2. The minimum Gasteiger partial charge on any atom is -0.497 e. The predicted molar refractivity (Wildman–Crippen MR) is 123 cm³/mol. The summed E-state index contributed by atoms with van der Waals surface area (Å²) in [6, 6.07) is 20.0. The lowest BCUT2D eigenvalue weighted by Crippen LogP contribution is -2.33. The van der Waals surface area contributed by atoms with Crippen LogP contribution in [0.1, 0.15) is 22.8 Å². The molecule has 0 heterocycles. The average Bonchev–Trinajstić information content (AvgIpc) is 2.81. The number of benzene rings is 3. The molecule has 0 aliphatic heterocycles. The van der Waals surface area contributed by atoms with E-state index in [0.29, 0.717) is 30.0 Å². The molecule has 0 spiro atoms. The Morgan fingerprint density at radius 3 is 2.28 bits per heavy atom. The minimum atomic E-state index is -0.391. The van der Waals surface area contributed by atoms with E-state index in [1.807, 2.05) is 36.1 Å². The number of likely N-dealkylation sites (N-methyl/N-ethyl adjacent to an activating group) is 1. The van der Waals surface area contributed by atoms with E-state index in [-0.39, 0.29) is 18.3 Å². The zero-order valence-corrected chi connectivity index (χ0v) is 18.1. The summed E-state index contributed by atoms with van der Waals surface area (Å²) >= 11 is 0. The van der Waals surface area contributed by atoms with Crippen molar-refractivity contribution < 1.29 is 18.7 Å². The van der Waals surface area contributed by atoms with Crippen LogP contribution in [0, 0.1) is 5.82 Å². The van der Waals surface area contributed by atoms with Gasteiger partial charge in [-0.15, -0.1) is 0 Å². The zero-order valence-electron chi connectivity index (χ0n) is 18.1. The molecule has 6 nitrogen and oxygen atoms in total. The van der Waals surface area contributed by atoms with Crippen LogP contribution in [-0.4, -0.2) is 36.9 Å². The lowest BCUT2D eigenvalue weighted by Gasteiger charge is -2.20. The summed E-state index contributed by atoms with van der Waals surface area (Å²) < 4.78 is 18.3. The lowest BCUT2D eigenvalue weighted by atomic mass is 10.1. The molecule has 0 radical (unpaired) electrons. The number of methoxy groups -OCH3 is 1. The summed E-state index contributed by atoms with van der Waals surface area (Å²) in [4.78, 5) is 27.4. The summed E-state index contributed by atoms with van der Waals surface area (Å²) in [6.45, 7) is 3.46. The largest absolute Gasteiger partial charge is 0.497 e. The molecule has 3 aromatic carbocycles. The number of nitrogens with one attached hydrogen (secondary N) is 2. The summed E-state index contributed by atoms with van der Waals surface area (Å²) in [5.74, 6) is -0.212. The van der Waals surface area contributed by atoms with Crippen molar-refractivity contribution in [1.82, 2.24) is 4.90 Å². The first-order chi connectivity index (χ1) is 15.5. The SMILES string of the molecule is CCN(CC(=O)Nc1ccccc1C(=O)Nc1ccc(F)cc1)Cc1ccc(OC)cc1. The molecule has 32 heavy (non-hydrogen) atoms. The number of ether oxygens (including phenoxy) is 1. The maximum Gasteiger partial charge on any atom is 0.257 e. The highest BCUT2D eigenvalue weighted by atomic mass is 19.1. The molecule has 0 atom stereocenters. The van der Waals surface area contributed by atoms with Crippen LogP contribution in [0.3, 0.4) is 0 Å². The molecule has 0 saturated heterocycles. The first-order valence-corrected chi connectivity index (χ1v) is 10.3. The van der Waals surface area contributed by atoms with Gasteiger partial charge in [0.1, 0.15) is 11.6 Å². The van der Waals surface area contributed by atoms with Crippen molar-refractivity contribution in [1.29, 1.82) is 0 Å². The van der Waals surface area contributed by atoms with Gasteiger partial charge < -0.3 is 15.4 Å². The average molecular weight is 435 g/mol. The smallest absolute Gasteiger partial charge is 0.257 e. The molecule has 0 bridgehead atoms. The van der Waals surface area contributed by atoms with E-state index in [2.05, 4.69) is 10.6 Å². The van der Waals surface area contributed by atoms with Gasteiger partial charge in [-0.2, -0.15) is 0 Å². The number of halogens is 1. The van der Waals surface area contributed by atoms with E-state index in [0.717, 1.165) is 11.3 Å². The number of rotatable bonds is 9. The molecule has 0 fully saturated rings. The number of anilines is 2. The lowest BCUT2D eigenvalue weighted by molar-refractivity contribution is -0.117. The van der Waals surface area contributed by atoms with Crippen LogP contribution in [0.25, 0.3) is 0 Å². The van der Waals surface area contributed by atoms with Crippen LogP contribution in [0.5, 0.6) is 5.75 Å². The molecule has 3 rings (SSSR count). The van der Waals surface area contributed by atoms with Crippen molar-refractivity contribution in [2.24, 2.45) is 0 Å². The van der Waals surface area contributed by atoms with E-state index in [4.69, 9.17) is 4.74 Å². The fraction of sp³-hybridized carbons (Fsp3) is 0.200. The second-order valence-electron chi connectivity index (χ2n) is 7.21. The summed E-state index contributed by atoms with van der Waals surface area (Å²) in [6.07, 6.45) is 0. The summed E-state index contributed by atoms with van der Waals surface area (Å²) in [5, 5.41) is 5.55. The van der Waals surface area contributed by atoms with Gasteiger partial charge in [-0.05, 0) is 60.6 Å². The standard InChI is InChI=1S/C25H26FN3O3/c1-3-29(16-18-8-14-21(32-2)15-9-18)17-24(30)28-23-7-5-4-6-22(23)25(31)27-20-12-10-19(26)11-13-20/h4-15H,3,16-17H2,1-2H3,(H,27,31)(H,28,30). The number of carbonyl (C=O) groups is 2. The van der Waals surface area contributed by atoms with Crippen molar-refractivity contribution in [3.63, 3.8) is 0 Å². The molecule has 7 heteroatoms. The molecule has 166 valence electrons. The maximum atomic E-state index is 13.1. The fourth-order valence-electron chi connectivity index (χ4n) is 3.18. The Kier molecular flexibility index (Phi) is 7.94. The Labute approximate surface area is 187 Å². The van der Waals surface area contributed by atoms with Gasteiger partial charge in [0.25, 0.3) is 5.91 Å². The first-order valence-electron chi connectivity index (χ1n) is 10.3. The van der Waals surface area contributed by atoms with Gasteiger partial charge >= 0.3 is 0 Å². The molecule has 0 aromatic heterocycles. The Balaban J connectivity index is 1.63. The van der Waals surface area contributed by atoms with Crippen LogP contribution in [0.4, 0.5) is 15.8 Å². The number of nitrogens with zero attached hydrogens (tertiary/aromatic N) is 1. The number of amides is 2. The second-order valence-corrected chi connectivity index (χ2v) is 7.21. The van der Waals surface area contributed by atoms with Gasteiger partial charge in [-0.25, -0.2) is 4.39 Å². The highest BCUT2D eigenvalue weighted by molar-refractivity contribution is 6.10. The van der Waals surface area contributed by atoms with E-state index < -0.39 is 5.91 Å². The van der Waals surface area contributed by atoms with Crippen LogP contribution in [0.15, 0.2) is 72.8 Å². The van der Waals surface area contributed by atoms with Crippen molar-refractivity contribution >= 4 is 23.2 Å². The van der Waals surface area contributed by atoms with Crippen LogP contribution >= 0.6 is 0 Å². The van der Waals surface area contributed by atoms with Crippen molar-refractivity contribution in [2.75, 3.05) is 30.8 Å². The van der Waals surface area contributed by atoms with Crippen molar-refractivity contribution in [3.8, 4) is 5.75 Å². The molecule has 0 saturated carbocycles. The van der Waals surface area contributed by atoms with Gasteiger partial charge in [-0.1, -0.05) is 31.2 Å². The quantitative estimate of drug-likeness (QED) is 0.517. The molecule has 2 N–H and O–H groups in total. The van der Waals surface area contributed by atoms with E-state index in [1.165, 1.54) is 24.3 Å². The Bertz CT molecular complexity index is 1050. The summed E-state index contributed by atoms with van der Waals surface area (Å²) in [5.41, 5.74) is 2.27. The van der Waals surface area contributed by atoms with Crippen LogP contribution < -0.4 is 15.4 Å².